The van der Waals surface area contributed by atoms with Crippen molar-refractivity contribution in [2.45, 2.75) is 26.4 Å². The van der Waals surface area contributed by atoms with E-state index in [1.807, 2.05) is 6.33 Å². The van der Waals surface area contributed by atoms with Crippen molar-refractivity contribution in [1.29, 1.82) is 0 Å². The summed E-state index contributed by atoms with van der Waals surface area (Å²) in [5, 5.41) is 6.38. The quantitative estimate of drug-likeness (QED) is 0.784. The Morgan fingerprint density at radius 2 is 2.24 bits per heavy atom. The summed E-state index contributed by atoms with van der Waals surface area (Å²) in [6, 6.07) is 8.52. The molecule has 0 aliphatic carbocycles. The summed E-state index contributed by atoms with van der Waals surface area (Å²) in [6.45, 7) is 4.32. The number of H-pyrrole nitrogens is 1. The summed E-state index contributed by atoms with van der Waals surface area (Å²) < 4.78 is 2.21. The number of hydrogen-bond donors (Lipinski definition) is 1. The average molecular weight is 356 g/mol. The first-order valence-electron chi connectivity index (χ1n) is 8.18. The molecule has 0 bridgehead atoms. The fourth-order valence-corrected chi connectivity index (χ4v) is 3.52. The maximum absolute atomic E-state index is 11.7. The number of benzene rings is 1. The standard InChI is InChI=1S/C18H18ClN5O/c1-12-3-2-4-13(7-12)9-24-11-20-14-10-23(6-5-15(14)24)16-8-21-22-18(25)17(16)19/h2-4,7-8,11H,5-6,9-10H2,1H3,(H,22,25). The number of halogens is 1. The molecule has 0 fully saturated rings. The Bertz CT molecular complexity index is 978. The molecule has 1 aliphatic rings. The van der Waals surface area contributed by atoms with Crippen LogP contribution in [0.2, 0.25) is 5.02 Å². The maximum Gasteiger partial charge on any atom is 0.285 e. The van der Waals surface area contributed by atoms with Crippen LogP contribution in [0.15, 0.2) is 41.6 Å². The molecule has 0 spiro atoms. The van der Waals surface area contributed by atoms with Gasteiger partial charge in [-0.25, -0.2) is 10.1 Å². The van der Waals surface area contributed by atoms with Crippen LogP contribution in [0.4, 0.5) is 5.69 Å². The molecule has 1 N–H and O–H groups in total. The van der Waals surface area contributed by atoms with Crippen LogP contribution in [0.25, 0.3) is 0 Å². The average Bonchev–Trinajstić information content (AvgIpc) is 2.99. The first kappa shape index (κ1) is 15.9. The Hall–Kier alpha value is -2.60. The minimum absolute atomic E-state index is 0.178. The fraction of sp³-hybridized carbons (Fsp3) is 0.278. The minimum Gasteiger partial charge on any atom is -0.362 e. The number of imidazole rings is 1. The Labute approximate surface area is 150 Å². The number of aromatic amines is 1. The van der Waals surface area contributed by atoms with E-state index in [1.54, 1.807) is 6.20 Å². The highest BCUT2D eigenvalue weighted by Crippen LogP contribution is 2.27. The molecule has 0 amide bonds. The van der Waals surface area contributed by atoms with Gasteiger partial charge in [-0.05, 0) is 12.5 Å². The van der Waals surface area contributed by atoms with Crippen molar-refractivity contribution in [3.05, 3.63) is 74.7 Å². The molecule has 3 heterocycles. The largest absolute Gasteiger partial charge is 0.362 e. The van der Waals surface area contributed by atoms with Crippen LogP contribution in [0.5, 0.6) is 0 Å². The SMILES string of the molecule is Cc1cccc(Cn2cnc3c2CCN(c2cn[nH]c(=O)c2Cl)C3)c1. The van der Waals surface area contributed by atoms with Gasteiger partial charge in [-0.3, -0.25) is 4.79 Å². The van der Waals surface area contributed by atoms with Gasteiger partial charge in [0.25, 0.3) is 5.56 Å². The molecule has 0 atom stereocenters. The molecular formula is C18H18ClN5O. The number of aryl methyl sites for hydroxylation is 1. The third kappa shape index (κ3) is 3.05. The summed E-state index contributed by atoms with van der Waals surface area (Å²) >= 11 is 6.13. The van der Waals surface area contributed by atoms with Crippen LogP contribution in [0.1, 0.15) is 22.5 Å². The lowest BCUT2D eigenvalue weighted by atomic mass is 10.1. The monoisotopic (exact) mass is 355 g/mol. The van der Waals surface area contributed by atoms with E-state index in [4.69, 9.17) is 11.6 Å². The van der Waals surface area contributed by atoms with Crippen molar-refractivity contribution < 1.29 is 0 Å². The number of aromatic nitrogens is 4. The zero-order chi connectivity index (χ0) is 17.4. The first-order valence-corrected chi connectivity index (χ1v) is 8.56. The number of nitrogens with one attached hydrogen (secondary N) is 1. The molecule has 0 saturated heterocycles. The number of fused-ring (bicyclic) bond motifs is 1. The minimum atomic E-state index is -0.366. The van der Waals surface area contributed by atoms with E-state index < -0.39 is 0 Å². The third-order valence-electron chi connectivity index (χ3n) is 4.55. The van der Waals surface area contributed by atoms with Crippen LogP contribution in [-0.4, -0.2) is 26.3 Å². The van der Waals surface area contributed by atoms with E-state index in [0.29, 0.717) is 12.2 Å². The molecule has 128 valence electrons. The molecule has 25 heavy (non-hydrogen) atoms. The third-order valence-corrected chi connectivity index (χ3v) is 4.91. The lowest BCUT2D eigenvalue weighted by Gasteiger charge is -2.29. The van der Waals surface area contributed by atoms with E-state index in [2.05, 4.69) is 55.8 Å². The molecule has 7 heteroatoms. The summed E-state index contributed by atoms with van der Waals surface area (Å²) in [5.74, 6) is 0. The topological polar surface area (TPSA) is 66.8 Å². The predicted molar refractivity (Wildman–Crippen MR) is 97.1 cm³/mol. The Kier molecular flexibility index (Phi) is 4.05. The maximum atomic E-state index is 11.7. The van der Waals surface area contributed by atoms with Gasteiger partial charge in [-0.15, -0.1) is 0 Å². The molecule has 3 aromatic rings. The van der Waals surface area contributed by atoms with E-state index in [9.17, 15) is 4.79 Å². The van der Waals surface area contributed by atoms with Gasteiger partial charge in [0.1, 0.15) is 5.02 Å². The normalized spacial score (nSPS) is 13.8. The van der Waals surface area contributed by atoms with Crippen molar-refractivity contribution in [3.8, 4) is 0 Å². The van der Waals surface area contributed by atoms with Gasteiger partial charge < -0.3 is 9.47 Å². The van der Waals surface area contributed by atoms with Gasteiger partial charge in [0.05, 0.1) is 30.5 Å². The van der Waals surface area contributed by atoms with Gasteiger partial charge in [0.15, 0.2) is 0 Å². The van der Waals surface area contributed by atoms with E-state index in [-0.39, 0.29) is 10.6 Å². The van der Waals surface area contributed by atoms with E-state index in [1.165, 1.54) is 16.8 Å². The molecule has 2 aromatic heterocycles. The van der Waals surface area contributed by atoms with Crippen molar-refractivity contribution in [3.63, 3.8) is 0 Å². The van der Waals surface area contributed by atoms with Crippen molar-refractivity contribution in [1.82, 2.24) is 19.7 Å². The lowest BCUT2D eigenvalue weighted by Crippen LogP contribution is -2.32. The Morgan fingerprint density at radius 3 is 3.08 bits per heavy atom. The summed E-state index contributed by atoms with van der Waals surface area (Å²) in [4.78, 5) is 18.3. The summed E-state index contributed by atoms with van der Waals surface area (Å²) in [7, 11) is 0. The Balaban J connectivity index is 1.58. The van der Waals surface area contributed by atoms with Crippen LogP contribution >= 0.6 is 11.6 Å². The summed E-state index contributed by atoms with van der Waals surface area (Å²) in [5.41, 5.74) is 5.08. The Morgan fingerprint density at radius 1 is 1.36 bits per heavy atom. The van der Waals surface area contributed by atoms with Crippen molar-refractivity contribution >= 4 is 17.3 Å². The second kappa shape index (κ2) is 6.37. The number of anilines is 1. The van der Waals surface area contributed by atoms with E-state index in [0.717, 1.165) is 25.2 Å². The van der Waals surface area contributed by atoms with Gasteiger partial charge in [0, 0.05) is 25.2 Å². The zero-order valence-corrected chi connectivity index (χ0v) is 14.6. The molecule has 0 saturated carbocycles. The van der Waals surface area contributed by atoms with Crippen LogP contribution in [-0.2, 0) is 19.5 Å². The first-order chi connectivity index (χ1) is 12.1. The molecule has 4 rings (SSSR count). The summed E-state index contributed by atoms with van der Waals surface area (Å²) in [6.07, 6.45) is 4.34. The van der Waals surface area contributed by atoms with Crippen molar-refractivity contribution in [2.24, 2.45) is 0 Å². The highest BCUT2D eigenvalue weighted by Gasteiger charge is 2.23. The lowest BCUT2D eigenvalue weighted by molar-refractivity contribution is 0.660. The van der Waals surface area contributed by atoms with Gasteiger partial charge in [0.2, 0.25) is 0 Å². The van der Waals surface area contributed by atoms with Crippen molar-refractivity contribution in [2.75, 3.05) is 11.4 Å². The van der Waals surface area contributed by atoms with Crippen LogP contribution < -0.4 is 10.5 Å². The van der Waals surface area contributed by atoms with Crippen LogP contribution in [0, 0.1) is 6.92 Å². The molecule has 1 aliphatic heterocycles. The smallest absolute Gasteiger partial charge is 0.285 e. The molecule has 0 radical (unpaired) electrons. The zero-order valence-electron chi connectivity index (χ0n) is 13.9. The molecule has 1 aromatic carbocycles. The molecule has 6 nitrogen and oxygen atoms in total. The highest BCUT2D eigenvalue weighted by atomic mass is 35.5. The van der Waals surface area contributed by atoms with Gasteiger partial charge in [-0.1, -0.05) is 41.4 Å². The number of rotatable bonds is 3. The highest BCUT2D eigenvalue weighted by molar-refractivity contribution is 6.32. The van der Waals surface area contributed by atoms with Gasteiger partial charge >= 0.3 is 0 Å². The number of nitrogens with zero attached hydrogens (tertiary/aromatic N) is 4. The second-order valence-electron chi connectivity index (χ2n) is 6.32. The molecular weight excluding hydrogens is 338 g/mol. The van der Waals surface area contributed by atoms with E-state index >= 15 is 0 Å². The predicted octanol–water partition coefficient (Wildman–Crippen LogP) is 2.54. The fourth-order valence-electron chi connectivity index (χ4n) is 3.31. The van der Waals surface area contributed by atoms with Gasteiger partial charge in [-0.2, -0.15) is 5.10 Å². The number of hydrogen-bond acceptors (Lipinski definition) is 4. The van der Waals surface area contributed by atoms with Crippen LogP contribution in [0.3, 0.4) is 0 Å². The second-order valence-corrected chi connectivity index (χ2v) is 6.70. The molecule has 0 unspecified atom stereocenters.